The van der Waals surface area contributed by atoms with Crippen LogP contribution in [0.4, 0.5) is 0 Å². The van der Waals surface area contributed by atoms with Crippen LogP contribution in [-0.4, -0.2) is 33.1 Å². The van der Waals surface area contributed by atoms with Crippen LogP contribution in [0.25, 0.3) is 0 Å². The minimum atomic E-state index is -1.07. The number of nitrogens with zero attached hydrogens (tertiary/aromatic N) is 2. The monoisotopic (exact) mass is 293 g/mol. The van der Waals surface area contributed by atoms with Crippen molar-refractivity contribution in [3.05, 3.63) is 40.2 Å². The first-order valence-electron chi connectivity index (χ1n) is 6.76. The molecule has 0 bridgehead atoms. The quantitative estimate of drug-likeness (QED) is 0.646. The van der Waals surface area contributed by atoms with E-state index < -0.39 is 35.4 Å². The Balaban J connectivity index is 2.48. The van der Waals surface area contributed by atoms with E-state index in [1.165, 1.54) is 0 Å². The molecule has 7 nitrogen and oxygen atoms in total. The van der Waals surface area contributed by atoms with Crippen LogP contribution in [0.5, 0.6) is 0 Å². The number of aromatic nitrogens is 1. The van der Waals surface area contributed by atoms with Gasteiger partial charge < -0.3 is 5.11 Å². The van der Waals surface area contributed by atoms with E-state index in [1.807, 2.05) is 20.8 Å². The molecule has 1 aliphatic rings. The molecule has 4 atom stereocenters. The first kappa shape index (κ1) is 15.4. The Hall–Kier alpha value is -2.02. The maximum absolute atomic E-state index is 11.6. The summed E-state index contributed by atoms with van der Waals surface area (Å²) in [5, 5.41) is 23.9. The molecular formula is C14H19N3O4. The van der Waals surface area contributed by atoms with Gasteiger partial charge in [-0.05, 0) is 17.5 Å². The third-order valence-electron chi connectivity index (χ3n) is 3.94. The van der Waals surface area contributed by atoms with E-state index in [1.54, 1.807) is 24.4 Å². The second-order valence-electron chi connectivity index (χ2n) is 6.38. The van der Waals surface area contributed by atoms with Crippen molar-refractivity contribution in [2.75, 3.05) is 0 Å². The van der Waals surface area contributed by atoms with Gasteiger partial charge in [0.05, 0.1) is 11.6 Å². The van der Waals surface area contributed by atoms with Gasteiger partial charge in [0.15, 0.2) is 0 Å². The summed E-state index contributed by atoms with van der Waals surface area (Å²) in [6.07, 6.45) is 1.55. The summed E-state index contributed by atoms with van der Waals surface area (Å²) >= 11 is 0. The predicted octanol–water partition coefficient (Wildman–Crippen LogP) is 1.49. The summed E-state index contributed by atoms with van der Waals surface area (Å²) in [6.45, 7) is 5.48. The van der Waals surface area contributed by atoms with Gasteiger partial charge in [-0.25, -0.2) is 0 Å². The molecule has 2 rings (SSSR count). The van der Waals surface area contributed by atoms with E-state index in [0.717, 1.165) is 0 Å². The van der Waals surface area contributed by atoms with Crippen molar-refractivity contribution in [1.29, 1.82) is 0 Å². The first-order valence-corrected chi connectivity index (χ1v) is 6.76. The fraction of sp³-hybridized carbons (Fsp3) is 0.571. The minimum absolute atomic E-state index is 0.384. The highest BCUT2D eigenvalue weighted by molar-refractivity contribution is 5.75. The molecule has 2 N–H and O–H groups in total. The van der Waals surface area contributed by atoms with Crippen LogP contribution in [-0.2, 0) is 4.79 Å². The molecule has 1 aromatic rings. The van der Waals surface area contributed by atoms with E-state index in [-0.39, 0.29) is 4.92 Å². The average Bonchev–Trinajstić information content (AvgIpc) is 2.80. The van der Waals surface area contributed by atoms with Crippen molar-refractivity contribution < 1.29 is 14.8 Å². The van der Waals surface area contributed by atoms with E-state index >= 15 is 0 Å². The summed E-state index contributed by atoms with van der Waals surface area (Å²) in [7, 11) is 0. The minimum Gasteiger partial charge on any atom is -0.480 e. The zero-order valence-corrected chi connectivity index (χ0v) is 12.2. The molecule has 0 amide bonds. The molecule has 0 radical (unpaired) electrons. The highest BCUT2D eigenvalue weighted by Gasteiger charge is 2.58. The van der Waals surface area contributed by atoms with Crippen molar-refractivity contribution in [1.82, 2.24) is 10.3 Å². The van der Waals surface area contributed by atoms with Gasteiger partial charge in [-0.1, -0.05) is 26.8 Å². The molecule has 1 saturated heterocycles. The third-order valence-corrected chi connectivity index (χ3v) is 3.94. The van der Waals surface area contributed by atoms with Crippen molar-refractivity contribution in [2.24, 2.45) is 11.3 Å². The van der Waals surface area contributed by atoms with Crippen molar-refractivity contribution in [3.63, 3.8) is 0 Å². The average molecular weight is 293 g/mol. The van der Waals surface area contributed by atoms with Crippen molar-refractivity contribution in [2.45, 2.75) is 38.9 Å². The molecule has 0 aromatic carbocycles. The van der Waals surface area contributed by atoms with Gasteiger partial charge in [0.25, 0.3) is 0 Å². The summed E-state index contributed by atoms with van der Waals surface area (Å²) in [5.74, 6) is -1.70. The maximum atomic E-state index is 11.6. The molecule has 0 saturated carbocycles. The maximum Gasteiger partial charge on any atom is 0.321 e. The third kappa shape index (κ3) is 2.87. The molecule has 0 spiro atoms. The van der Waals surface area contributed by atoms with Gasteiger partial charge in [-0.15, -0.1) is 0 Å². The number of pyridine rings is 1. The molecule has 1 aromatic heterocycles. The molecule has 7 heteroatoms. The lowest BCUT2D eigenvalue weighted by atomic mass is 9.73. The lowest BCUT2D eigenvalue weighted by Crippen LogP contribution is -2.44. The van der Waals surface area contributed by atoms with E-state index in [9.17, 15) is 20.0 Å². The molecule has 1 fully saturated rings. The number of hydrogen-bond donors (Lipinski definition) is 2. The van der Waals surface area contributed by atoms with Gasteiger partial charge in [0, 0.05) is 11.1 Å². The lowest BCUT2D eigenvalue weighted by molar-refractivity contribution is -0.535. The lowest BCUT2D eigenvalue weighted by Gasteiger charge is -2.30. The molecular weight excluding hydrogens is 274 g/mol. The van der Waals surface area contributed by atoms with Crippen LogP contribution >= 0.6 is 0 Å². The number of aliphatic carboxylic acids is 1. The highest BCUT2D eigenvalue weighted by Crippen LogP contribution is 2.42. The predicted molar refractivity (Wildman–Crippen MR) is 75.3 cm³/mol. The number of rotatable bonds is 3. The largest absolute Gasteiger partial charge is 0.480 e. The number of nitrogens with one attached hydrogen (secondary N) is 1. The summed E-state index contributed by atoms with van der Waals surface area (Å²) in [4.78, 5) is 26.8. The fourth-order valence-corrected chi connectivity index (χ4v) is 3.11. The zero-order valence-electron chi connectivity index (χ0n) is 12.2. The molecule has 2 heterocycles. The second kappa shape index (κ2) is 5.40. The normalized spacial score (nSPS) is 29.3. The van der Waals surface area contributed by atoms with E-state index in [0.29, 0.717) is 5.69 Å². The van der Waals surface area contributed by atoms with Gasteiger partial charge in [0.2, 0.25) is 6.04 Å². The van der Waals surface area contributed by atoms with E-state index in [4.69, 9.17) is 0 Å². The van der Waals surface area contributed by atoms with Crippen LogP contribution in [0.1, 0.15) is 32.5 Å². The fourth-order valence-electron chi connectivity index (χ4n) is 3.11. The Morgan fingerprint density at radius 3 is 2.52 bits per heavy atom. The van der Waals surface area contributed by atoms with Gasteiger partial charge in [-0.3, -0.25) is 25.2 Å². The second-order valence-corrected chi connectivity index (χ2v) is 6.38. The topological polar surface area (TPSA) is 105 Å². The number of hydrogen-bond acceptors (Lipinski definition) is 5. The van der Waals surface area contributed by atoms with Crippen molar-refractivity contribution in [3.8, 4) is 0 Å². The van der Waals surface area contributed by atoms with Crippen molar-refractivity contribution >= 4 is 5.97 Å². The summed E-state index contributed by atoms with van der Waals surface area (Å²) in [6, 6.07) is 2.44. The Bertz CT molecular complexity index is 541. The van der Waals surface area contributed by atoms with E-state index in [2.05, 4.69) is 10.3 Å². The SMILES string of the molecule is CC(C)(C)[C@@H]1[C@@H]([N+](=O)[O-])[C@@H](c2ccccn2)N[C@H]1C(=O)O. The molecule has 1 aliphatic heterocycles. The van der Waals surface area contributed by atoms with Gasteiger partial charge in [-0.2, -0.15) is 0 Å². The van der Waals surface area contributed by atoms with Gasteiger partial charge in [0.1, 0.15) is 12.1 Å². The van der Waals surface area contributed by atoms with Crippen LogP contribution in [0, 0.1) is 21.4 Å². The summed E-state index contributed by atoms with van der Waals surface area (Å²) in [5.41, 5.74) is -0.0191. The Kier molecular flexibility index (Phi) is 3.95. The number of carboxylic acid groups (broad SMARTS) is 1. The van der Waals surface area contributed by atoms with Crippen LogP contribution in [0.3, 0.4) is 0 Å². The van der Waals surface area contributed by atoms with Crippen LogP contribution < -0.4 is 5.32 Å². The van der Waals surface area contributed by atoms with Gasteiger partial charge >= 0.3 is 5.97 Å². The number of carboxylic acids is 1. The smallest absolute Gasteiger partial charge is 0.321 e. The molecule has 114 valence electrons. The molecule has 21 heavy (non-hydrogen) atoms. The molecule has 0 unspecified atom stereocenters. The number of carbonyl (C=O) groups is 1. The summed E-state index contributed by atoms with van der Waals surface area (Å²) < 4.78 is 0. The highest BCUT2D eigenvalue weighted by atomic mass is 16.6. The molecule has 0 aliphatic carbocycles. The first-order chi connectivity index (χ1) is 9.73. The van der Waals surface area contributed by atoms with Crippen LogP contribution in [0.15, 0.2) is 24.4 Å². The Labute approximate surface area is 122 Å². The standard InChI is InChI=1S/C14H19N3O4/c1-14(2,3)9-11(13(18)19)16-10(12(9)17(20)21)8-6-4-5-7-15-8/h4-7,9-12,16H,1-3H3,(H,18,19)/t9-,10+,11+,12+/m0/s1. The Morgan fingerprint density at radius 2 is 2.10 bits per heavy atom. The Morgan fingerprint density at radius 1 is 1.43 bits per heavy atom. The van der Waals surface area contributed by atoms with Crippen LogP contribution in [0.2, 0.25) is 0 Å². The number of nitro groups is 1. The zero-order chi connectivity index (χ0) is 15.8.